The molecule has 0 amide bonds. The number of nitrogens with zero attached hydrogens (tertiary/aromatic N) is 1. The Kier molecular flexibility index (Phi) is 6.03. The predicted molar refractivity (Wildman–Crippen MR) is 96.1 cm³/mol. The Labute approximate surface area is 140 Å². The van der Waals surface area contributed by atoms with Gasteiger partial charge in [0.05, 0.1) is 0 Å². The van der Waals surface area contributed by atoms with Gasteiger partial charge in [-0.2, -0.15) is 0 Å². The van der Waals surface area contributed by atoms with Crippen molar-refractivity contribution in [3.63, 3.8) is 0 Å². The van der Waals surface area contributed by atoms with Crippen LogP contribution in [-0.2, 0) is 13.0 Å². The first-order valence-corrected chi connectivity index (χ1v) is 8.52. The van der Waals surface area contributed by atoms with E-state index in [0.717, 1.165) is 23.1 Å². The van der Waals surface area contributed by atoms with Gasteiger partial charge in [-0.1, -0.05) is 29.8 Å². The van der Waals surface area contributed by atoms with E-state index >= 15 is 0 Å². The van der Waals surface area contributed by atoms with E-state index in [0.29, 0.717) is 6.04 Å². The molecule has 5 heteroatoms. The topological polar surface area (TPSA) is 15.3 Å². The largest absolute Gasteiger partial charge is 0.366 e. The van der Waals surface area contributed by atoms with Crippen LogP contribution in [0.2, 0.25) is 5.02 Å². The summed E-state index contributed by atoms with van der Waals surface area (Å²) < 4.78 is 0. The minimum Gasteiger partial charge on any atom is -0.366 e. The monoisotopic (exact) mass is 338 g/mol. The first-order chi connectivity index (χ1) is 10.1. The van der Waals surface area contributed by atoms with E-state index < -0.39 is 0 Å². The number of halogens is 1. The molecule has 21 heavy (non-hydrogen) atoms. The summed E-state index contributed by atoms with van der Waals surface area (Å²) in [6, 6.07) is 12.5. The molecule has 2 nitrogen and oxygen atoms in total. The Bertz CT molecular complexity index is 566. The van der Waals surface area contributed by atoms with E-state index in [9.17, 15) is 0 Å². The van der Waals surface area contributed by atoms with Crippen molar-refractivity contribution in [2.24, 2.45) is 0 Å². The Balaban J connectivity index is 2.10. The molecule has 0 aliphatic rings. The van der Waals surface area contributed by atoms with E-state index in [1.165, 1.54) is 10.4 Å². The smallest absolute Gasteiger partial charge is 0.169 e. The molecule has 0 fully saturated rings. The molecular formula is C16H19ClN2S2. The average molecular weight is 339 g/mol. The maximum atomic E-state index is 5.95. The standard InChI is InChI=1S/C16H19ClN2S2/c1-12(10-15-4-3-9-21-15)19(16(20)18-2)11-13-5-7-14(17)8-6-13/h3-9,12H,10-11H2,1-2H3,(H,18,20)/t12-/m0/s1. The number of hydrogen-bond acceptors (Lipinski definition) is 2. The highest BCUT2D eigenvalue weighted by atomic mass is 35.5. The lowest BCUT2D eigenvalue weighted by Crippen LogP contribution is -2.43. The van der Waals surface area contributed by atoms with Crippen molar-refractivity contribution in [2.45, 2.75) is 25.9 Å². The maximum absolute atomic E-state index is 5.95. The fraction of sp³-hybridized carbons (Fsp3) is 0.312. The number of thiophene rings is 1. The van der Waals surface area contributed by atoms with Crippen molar-refractivity contribution in [3.8, 4) is 0 Å². The van der Waals surface area contributed by atoms with Gasteiger partial charge in [-0.25, -0.2) is 0 Å². The SMILES string of the molecule is CNC(=S)N(Cc1ccc(Cl)cc1)[C@@H](C)Cc1cccs1. The minimum absolute atomic E-state index is 0.333. The second-order valence-corrected chi connectivity index (χ2v) is 6.80. The van der Waals surface area contributed by atoms with Crippen molar-refractivity contribution < 1.29 is 0 Å². The van der Waals surface area contributed by atoms with Gasteiger partial charge in [0.25, 0.3) is 0 Å². The first-order valence-electron chi connectivity index (χ1n) is 6.85. The summed E-state index contributed by atoms with van der Waals surface area (Å²) in [7, 11) is 1.87. The molecule has 0 saturated carbocycles. The predicted octanol–water partition coefficient (Wildman–Crippen LogP) is 4.34. The van der Waals surface area contributed by atoms with Gasteiger partial charge >= 0.3 is 0 Å². The van der Waals surface area contributed by atoms with E-state index in [-0.39, 0.29) is 0 Å². The zero-order valence-corrected chi connectivity index (χ0v) is 14.6. The molecule has 0 bridgehead atoms. The Hall–Kier alpha value is -1.10. The number of rotatable bonds is 5. The number of hydrogen-bond donors (Lipinski definition) is 1. The van der Waals surface area contributed by atoms with Crippen LogP contribution in [0.1, 0.15) is 17.4 Å². The van der Waals surface area contributed by atoms with Crippen LogP contribution in [0.25, 0.3) is 0 Å². The molecular weight excluding hydrogens is 320 g/mol. The number of benzene rings is 1. The summed E-state index contributed by atoms with van der Waals surface area (Å²) in [5, 5.41) is 6.73. The molecule has 1 aromatic heterocycles. The lowest BCUT2D eigenvalue weighted by Gasteiger charge is -2.31. The number of nitrogens with one attached hydrogen (secondary N) is 1. The molecule has 1 aromatic carbocycles. The molecule has 0 unspecified atom stereocenters. The highest BCUT2D eigenvalue weighted by Crippen LogP contribution is 2.18. The quantitative estimate of drug-likeness (QED) is 0.816. The third-order valence-electron chi connectivity index (χ3n) is 3.35. The van der Waals surface area contributed by atoms with Gasteiger partial charge in [-0.3, -0.25) is 0 Å². The van der Waals surface area contributed by atoms with Gasteiger partial charge in [-0.05, 0) is 48.3 Å². The van der Waals surface area contributed by atoms with Crippen molar-refractivity contribution in [1.29, 1.82) is 0 Å². The summed E-state index contributed by atoms with van der Waals surface area (Å²) >= 11 is 13.2. The van der Waals surface area contributed by atoms with Crippen LogP contribution >= 0.6 is 35.2 Å². The fourth-order valence-corrected chi connectivity index (χ4v) is 3.38. The van der Waals surface area contributed by atoms with Crippen molar-refractivity contribution in [3.05, 3.63) is 57.2 Å². The van der Waals surface area contributed by atoms with Crippen molar-refractivity contribution >= 4 is 40.3 Å². The van der Waals surface area contributed by atoms with Crippen LogP contribution in [-0.4, -0.2) is 23.1 Å². The highest BCUT2D eigenvalue weighted by Gasteiger charge is 2.17. The van der Waals surface area contributed by atoms with Crippen LogP contribution in [0.15, 0.2) is 41.8 Å². The summed E-state index contributed by atoms with van der Waals surface area (Å²) in [6.07, 6.45) is 0.993. The Morgan fingerprint density at radius 1 is 1.33 bits per heavy atom. The zero-order chi connectivity index (χ0) is 15.2. The lowest BCUT2D eigenvalue weighted by atomic mass is 10.1. The molecule has 2 rings (SSSR count). The lowest BCUT2D eigenvalue weighted by molar-refractivity contribution is 0.319. The Morgan fingerprint density at radius 3 is 2.62 bits per heavy atom. The van der Waals surface area contributed by atoms with Crippen LogP contribution in [0.5, 0.6) is 0 Å². The molecule has 1 N–H and O–H groups in total. The van der Waals surface area contributed by atoms with E-state index in [2.05, 4.69) is 34.7 Å². The third kappa shape index (κ3) is 4.70. The van der Waals surface area contributed by atoms with E-state index in [1.54, 1.807) is 11.3 Å². The van der Waals surface area contributed by atoms with Crippen LogP contribution < -0.4 is 5.32 Å². The summed E-state index contributed by atoms with van der Waals surface area (Å²) in [6.45, 7) is 2.99. The van der Waals surface area contributed by atoms with Crippen LogP contribution in [0, 0.1) is 0 Å². The fourth-order valence-electron chi connectivity index (χ4n) is 2.19. The second-order valence-electron chi connectivity index (χ2n) is 4.94. The normalized spacial score (nSPS) is 12.0. The van der Waals surface area contributed by atoms with Gasteiger partial charge in [0, 0.05) is 36.0 Å². The van der Waals surface area contributed by atoms with Crippen LogP contribution in [0.4, 0.5) is 0 Å². The summed E-state index contributed by atoms with van der Waals surface area (Å²) in [4.78, 5) is 3.60. The van der Waals surface area contributed by atoms with Crippen molar-refractivity contribution in [2.75, 3.05) is 7.05 Å². The molecule has 0 saturated heterocycles. The van der Waals surface area contributed by atoms with Gasteiger partial charge in [0.1, 0.15) is 0 Å². The van der Waals surface area contributed by atoms with E-state index in [1.807, 2.05) is 31.3 Å². The van der Waals surface area contributed by atoms with E-state index in [4.69, 9.17) is 23.8 Å². The third-order valence-corrected chi connectivity index (χ3v) is 4.94. The molecule has 112 valence electrons. The van der Waals surface area contributed by atoms with Gasteiger partial charge in [-0.15, -0.1) is 11.3 Å². The summed E-state index contributed by atoms with van der Waals surface area (Å²) in [5.74, 6) is 0. The van der Waals surface area contributed by atoms with Crippen molar-refractivity contribution in [1.82, 2.24) is 10.2 Å². The maximum Gasteiger partial charge on any atom is 0.169 e. The average Bonchev–Trinajstić information content (AvgIpc) is 2.98. The zero-order valence-electron chi connectivity index (χ0n) is 12.2. The molecule has 0 aliphatic carbocycles. The summed E-state index contributed by atoms with van der Waals surface area (Å²) in [5.41, 5.74) is 1.20. The Morgan fingerprint density at radius 2 is 2.05 bits per heavy atom. The molecule has 1 heterocycles. The highest BCUT2D eigenvalue weighted by molar-refractivity contribution is 7.80. The molecule has 0 spiro atoms. The molecule has 1 atom stereocenters. The second kappa shape index (κ2) is 7.78. The molecule has 0 radical (unpaired) electrons. The minimum atomic E-state index is 0.333. The van der Waals surface area contributed by atoms with Gasteiger partial charge < -0.3 is 10.2 Å². The first kappa shape index (κ1) is 16.3. The molecule has 2 aromatic rings. The van der Waals surface area contributed by atoms with Gasteiger partial charge in [0.2, 0.25) is 0 Å². The number of thiocarbonyl (C=S) groups is 1. The molecule has 0 aliphatic heterocycles. The van der Waals surface area contributed by atoms with Crippen LogP contribution in [0.3, 0.4) is 0 Å². The van der Waals surface area contributed by atoms with Gasteiger partial charge in [0.15, 0.2) is 5.11 Å².